The van der Waals surface area contributed by atoms with Crippen molar-refractivity contribution < 1.29 is 31.1 Å². The first kappa shape index (κ1) is 13.2. The maximum absolute atomic E-state index is 9.89. The second-order valence-corrected chi connectivity index (χ2v) is 2.51. The van der Waals surface area contributed by atoms with Gasteiger partial charge in [-0.3, -0.25) is 0 Å². The van der Waals surface area contributed by atoms with Crippen molar-refractivity contribution in [1.29, 1.82) is 0 Å². The van der Waals surface area contributed by atoms with E-state index in [4.69, 9.17) is 4.89 Å². The van der Waals surface area contributed by atoms with E-state index in [1.165, 1.54) is 0 Å². The minimum Gasteiger partial charge on any atom is -0.133 e. The van der Waals surface area contributed by atoms with E-state index >= 15 is 0 Å². The van der Waals surface area contributed by atoms with Crippen molar-refractivity contribution in [3.8, 4) is 0 Å². The molecule has 0 aliphatic carbocycles. The fraction of sp³-hybridized carbons (Fsp3) is 1.00. The first-order valence-electron chi connectivity index (χ1n) is 3.06. The van der Waals surface area contributed by atoms with Crippen LogP contribution in [-0.4, -0.2) is 11.5 Å². The molecule has 10 heavy (non-hydrogen) atoms. The molecule has 0 amide bonds. The van der Waals surface area contributed by atoms with Gasteiger partial charge in [0.05, 0.1) is 0 Å². The van der Waals surface area contributed by atoms with E-state index in [9.17, 15) is 4.57 Å². The Hall–Kier alpha value is 0.539. The van der Waals surface area contributed by atoms with Crippen LogP contribution in [0.2, 0.25) is 0 Å². The molecular weight excluding hydrogens is 195 g/mol. The summed E-state index contributed by atoms with van der Waals surface area (Å²) < 4.78 is 14.3. The van der Waals surface area contributed by atoms with Gasteiger partial charge in [0.15, 0.2) is 0 Å². The number of hydrogen-bond donors (Lipinski definition) is 1. The van der Waals surface area contributed by atoms with Crippen LogP contribution in [0.15, 0.2) is 0 Å². The van der Waals surface area contributed by atoms with Crippen LogP contribution < -0.4 is 0 Å². The van der Waals surface area contributed by atoms with E-state index in [0.717, 1.165) is 19.3 Å². The molecule has 0 saturated heterocycles. The largest absolute Gasteiger partial charge is 0.694 e. The van der Waals surface area contributed by atoms with E-state index in [1.54, 1.807) is 0 Å². The molecule has 1 unspecified atom stereocenters. The smallest absolute Gasteiger partial charge is 0.133 e. The molecule has 0 aromatic carbocycles. The van der Waals surface area contributed by atoms with Crippen LogP contribution in [0.25, 0.3) is 0 Å². The molecule has 0 aliphatic rings. The summed E-state index contributed by atoms with van der Waals surface area (Å²) in [5, 5.41) is 0. The molecular formula is C5H12FeO3P+. The van der Waals surface area contributed by atoms with Crippen LogP contribution in [0.4, 0.5) is 0 Å². The van der Waals surface area contributed by atoms with E-state index in [2.05, 4.69) is 11.4 Å². The monoisotopic (exact) mass is 207 g/mol. The van der Waals surface area contributed by atoms with Gasteiger partial charge in [0, 0.05) is 21.6 Å². The van der Waals surface area contributed by atoms with Gasteiger partial charge in [0.25, 0.3) is 0 Å². The summed E-state index contributed by atoms with van der Waals surface area (Å²) >= 11 is 0. The first-order valence-corrected chi connectivity index (χ1v) is 4.19. The third-order valence-electron chi connectivity index (χ3n) is 0.950. The third-order valence-corrected chi connectivity index (χ3v) is 1.35. The Morgan fingerprint density at radius 2 is 2.10 bits per heavy atom. The van der Waals surface area contributed by atoms with Crippen LogP contribution in [0.5, 0.6) is 0 Å². The zero-order chi connectivity index (χ0) is 7.11. The molecule has 3 nitrogen and oxygen atoms in total. The Kier molecular flexibility index (Phi) is 12.5. The molecule has 1 N–H and O–H groups in total. The van der Waals surface area contributed by atoms with E-state index in [1.807, 2.05) is 0 Å². The Bertz CT molecular complexity index is 89.0. The topological polar surface area (TPSA) is 46.5 Å². The van der Waals surface area contributed by atoms with Gasteiger partial charge >= 0.3 is 8.25 Å². The van der Waals surface area contributed by atoms with Gasteiger partial charge in [0.1, 0.15) is 6.61 Å². The van der Waals surface area contributed by atoms with E-state index in [0.29, 0.717) is 6.61 Å². The second-order valence-electron chi connectivity index (χ2n) is 1.78. The second kappa shape index (κ2) is 9.54. The van der Waals surface area contributed by atoms with Gasteiger partial charge in [0.2, 0.25) is 0 Å². The van der Waals surface area contributed by atoms with Crippen LogP contribution in [-0.2, 0) is 26.2 Å². The fourth-order valence-electron chi connectivity index (χ4n) is 0.495. The van der Waals surface area contributed by atoms with E-state index in [-0.39, 0.29) is 17.1 Å². The van der Waals surface area contributed by atoms with Crippen molar-refractivity contribution in [1.82, 2.24) is 0 Å². The van der Waals surface area contributed by atoms with Gasteiger partial charge in [-0.05, 0) is 6.42 Å². The average molecular weight is 207 g/mol. The number of rotatable bonds is 5. The molecule has 62 valence electrons. The fourth-order valence-corrected chi connectivity index (χ4v) is 0.780. The van der Waals surface area contributed by atoms with Crippen LogP contribution in [0.3, 0.4) is 0 Å². The van der Waals surface area contributed by atoms with Gasteiger partial charge in [-0.15, -0.1) is 9.42 Å². The molecule has 0 aromatic heterocycles. The molecule has 0 aromatic rings. The van der Waals surface area contributed by atoms with E-state index < -0.39 is 8.25 Å². The van der Waals surface area contributed by atoms with Crippen molar-refractivity contribution in [2.24, 2.45) is 0 Å². The number of hydrogen-bond acceptors (Lipinski definition) is 2. The Labute approximate surface area is 72.6 Å². The Morgan fingerprint density at radius 3 is 2.50 bits per heavy atom. The van der Waals surface area contributed by atoms with Gasteiger partial charge in [-0.25, -0.2) is 0 Å². The summed E-state index contributed by atoms with van der Waals surface area (Å²) in [6, 6.07) is 0. The van der Waals surface area contributed by atoms with Crippen LogP contribution in [0, 0.1) is 0 Å². The molecule has 0 radical (unpaired) electrons. The molecule has 0 rings (SSSR count). The third kappa shape index (κ3) is 11.4. The molecule has 0 saturated carbocycles. The molecule has 0 heterocycles. The van der Waals surface area contributed by atoms with Crippen LogP contribution in [0.1, 0.15) is 26.2 Å². The molecule has 0 aliphatic heterocycles. The molecule has 0 bridgehead atoms. The number of unbranched alkanes of at least 4 members (excludes halogenated alkanes) is 2. The van der Waals surface area contributed by atoms with Gasteiger partial charge in [-0.1, -0.05) is 19.8 Å². The summed E-state index contributed by atoms with van der Waals surface area (Å²) in [7, 11) is -2.37. The predicted molar refractivity (Wildman–Crippen MR) is 35.3 cm³/mol. The average Bonchev–Trinajstić information content (AvgIpc) is 1.80. The maximum Gasteiger partial charge on any atom is 0.694 e. The van der Waals surface area contributed by atoms with Crippen LogP contribution >= 0.6 is 8.25 Å². The zero-order valence-corrected chi connectivity index (χ0v) is 7.89. The minimum absolute atomic E-state index is 0. The summed E-state index contributed by atoms with van der Waals surface area (Å²) in [5.74, 6) is 0. The summed E-state index contributed by atoms with van der Waals surface area (Å²) in [5.41, 5.74) is 0. The normalized spacial score (nSPS) is 10.4. The van der Waals surface area contributed by atoms with Crippen molar-refractivity contribution in [3.05, 3.63) is 0 Å². The maximum atomic E-state index is 9.89. The summed E-state index contributed by atoms with van der Waals surface area (Å²) in [4.78, 5) is 8.14. The van der Waals surface area contributed by atoms with Crippen molar-refractivity contribution in [2.75, 3.05) is 6.61 Å². The SMILES string of the molecule is CCCCCO[P+](=O)O.[Fe]. The van der Waals surface area contributed by atoms with Crippen molar-refractivity contribution in [3.63, 3.8) is 0 Å². The standard InChI is InChI=1S/C5H11O3P.Fe/c1-2-3-4-5-8-9(6)7;/h2-5H2,1H3;/p+1. The minimum atomic E-state index is -2.37. The summed E-state index contributed by atoms with van der Waals surface area (Å²) in [6.07, 6.45) is 3.03. The molecule has 1 atom stereocenters. The molecule has 5 heteroatoms. The Morgan fingerprint density at radius 1 is 1.50 bits per heavy atom. The quantitative estimate of drug-likeness (QED) is 0.425. The van der Waals surface area contributed by atoms with Crippen molar-refractivity contribution >= 4 is 8.25 Å². The Balaban J connectivity index is 0. The molecule has 0 spiro atoms. The van der Waals surface area contributed by atoms with Gasteiger partial charge in [-0.2, -0.15) is 0 Å². The predicted octanol–water partition coefficient (Wildman–Crippen LogP) is 1.84. The first-order chi connectivity index (χ1) is 4.27. The molecule has 0 fully saturated rings. The zero-order valence-electron chi connectivity index (χ0n) is 5.89. The summed E-state index contributed by atoms with van der Waals surface area (Å²) in [6.45, 7) is 2.47. The van der Waals surface area contributed by atoms with Crippen molar-refractivity contribution in [2.45, 2.75) is 26.2 Å². The van der Waals surface area contributed by atoms with Gasteiger partial charge < -0.3 is 0 Å².